The van der Waals surface area contributed by atoms with Crippen molar-refractivity contribution in [1.82, 2.24) is 15.1 Å². The van der Waals surface area contributed by atoms with Crippen LogP contribution in [-0.4, -0.2) is 53.2 Å². The van der Waals surface area contributed by atoms with Gasteiger partial charge in [0.05, 0.1) is 24.2 Å². The first-order valence-electron chi connectivity index (χ1n) is 12.3. The monoisotopic (exact) mass is 568 g/mol. The first kappa shape index (κ1) is 27.0. The second-order valence-corrected chi connectivity index (χ2v) is 11.7. The molecule has 5 rings (SSSR count). The highest BCUT2D eigenvalue weighted by atomic mass is 32.1. The van der Waals surface area contributed by atoms with Gasteiger partial charge in [-0.25, -0.2) is 8.78 Å². The number of amides is 2. The second-order valence-electron chi connectivity index (χ2n) is 9.71. The number of carbonyl (C=O) groups is 2. The molecule has 3 heterocycles. The Kier molecular flexibility index (Phi) is 7.83. The molecular weight excluding hydrogens is 542 g/mol. The van der Waals surface area contributed by atoms with E-state index in [9.17, 15) is 14.0 Å². The number of hydrogen-bond donors (Lipinski definition) is 1. The van der Waals surface area contributed by atoms with Crippen LogP contribution in [-0.2, 0) is 9.53 Å². The van der Waals surface area contributed by atoms with Gasteiger partial charge in [0, 0.05) is 28.8 Å². The molecule has 1 aliphatic heterocycles. The maximum Gasteiger partial charge on any atom is 0.256 e. The van der Waals surface area contributed by atoms with Crippen LogP contribution < -0.4 is 5.32 Å². The number of nitrogens with one attached hydrogen (secondary N) is 1. The van der Waals surface area contributed by atoms with E-state index in [-0.39, 0.29) is 17.4 Å². The van der Waals surface area contributed by atoms with Crippen molar-refractivity contribution in [2.45, 2.75) is 19.8 Å². The lowest BCUT2D eigenvalue weighted by molar-refractivity contribution is -0.124. The Labute approximate surface area is 232 Å². The number of hydrogen-bond acceptors (Lipinski definition) is 7. The molecule has 0 saturated carbocycles. The number of ether oxygens (including phenoxy) is 1. The third-order valence-electron chi connectivity index (χ3n) is 6.76. The number of anilines is 1. The zero-order valence-corrected chi connectivity index (χ0v) is 23.0. The van der Waals surface area contributed by atoms with E-state index >= 15 is 4.39 Å². The molecule has 2 aromatic heterocycles. The lowest BCUT2D eigenvalue weighted by atomic mass is 9.73. The summed E-state index contributed by atoms with van der Waals surface area (Å²) in [4.78, 5) is 29.3. The molecule has 1 atom stereocenters. The van der Waals surface area contributed by atoms with Crippen LogP contribution >= 0.6 is 22.7 Å². The Morgan fingerprint density at radius 2 is 1.87 bits per heavy atom. The van der Waals surface area contributed by atoms with Crippen LogP contribution in [0.3, 0.4) is 0 Å². The SMILES string of the molecule is CC(C)(C(=O)Nc1nncs1)[C@@H](c1cccc(F)c1)c1ccc(-c2ccc(C(=O)N3CCOCC3)c(F)c2)s1. The number of carbonyl (C=O) groups excluding carboxylic acids is 2. The lowest BCUT2D eigenvalue weighted by Crippen LogP contribution is -2.41. The molecule has 0 spiro atoms. The third kappa shape index (κ3) is 5.75. The van der Waals surface area contributed by atoms with Gasteiger partial charge in [-0.1, -0.05) is 43.4 Å². The van der Waals surface area contributed by atoms with Gasteiger partial charge in [0.15, 0.2) is 0 Å². The van der Waals surface area contributed by atoms with Crippen LogP contribution in [0.25, 0.3) is 10.4 Å². The molecule has 39 heavy (non-hydrogen) atoms. The number of thiophene rings is 1. The van der Waals surface area contributed by atoms with Gasteiger partial charge in [-0.05, 0) is 47.5 Å². The van der Waals surface area contributed by atoms with Crippen LogP contribution in [0.4, 0.5) is 13.9 Å². The first-order chi connectivity index (χ1) is 18.7. The average molecular weight is 569 g/mol. The molecule has 1 fully saturated rings. The molecule has 1 N–H and O–H groups in total. The Bertz CT molecular complexity index is 1480. The number of benzene rings is 2. The van der Waals surface area contributed by atoms with Crippen molar-refractivity contribution in [3.05, 3.63) is 87.7 Å². The number of aromatic nitrogens is 2. The van der Waals surface area contributed by atoms with E-state index in [1.54, 1.807) is 36.9 Å². The van der Waals surface area contributed by atoms with E-state index < -0.39 is 23.0 Å². The summed E-state index contributed by atoms with van der Waals surface area (Å²) in [5.74, 6) is -2.16. The van der Waals surface area contributed by atoms with Crippen LogP contribution in [0.15, 0.2) is 60.1 Å². The Morgan fingerprint density at radius 3 is 2.56 bits per heavy atom. The van der Waals surface area contributed by atoms with Crippen molar-refractivity contribution >= 4 is 39.6 Å². The third-order valence-corrected chi connectivity index (χ3v) is 8.57. The van der Waals surface area contributed by atoms with E-state index in [2.05, 4.69) is 15.5 Å². The predicted molar refractivity (Wildman–Crippen MR) is 147 cm³/mol. The largest absolute Gasteiger partial charge is 0.378 e. The van der Waals surface area contributed by atoms with Gasteiger partial charge in [-0.15, -0.1) is 21.5 Å². The molecule has 2 amide bonds. The highest BCUT2D eigenvalue weighted by Crippen LogP contribution is 2.46. The van der Waals surface area contributed by atoms with Crippen molar-refractivity contribution in [3.63, 3.8) is 0 Å². The fourth-order valence-electron chi connectivity index (χ4n) is 4.68. The predicted octanol–water partition coefficient (Wildman–Crippen LogP) is 5.81. The molecule has 0 radical (unpaired) electrons. The maximum absolute atomic E-state index is 15.1. The van der Waals surface area contributed by atoms with Gasteiger partial charge in [0.25, 0.3) is 5.91 Å². The fraction of sp³-hybridized carbons (Fsp3) is 0.286. The van der Waals surface area contributed by atoms with Gasteiger partial charge in [0.1, 0.15) is 17.1 Å². The molecule has 0 aliphatic carbocycles. The topological polar surface area (TPSA) is 84.4 Å². The molecular formula is C28H26F2N4O3S2. The van der Waals surface area contributed by atoms with Crippen molar-refractivity contribution in [2.24, 2.45) is 5.41 Å². The zero-order chi connectivity index (χ0) is 27.6. The second kappa shape index (κ2) is 11.3. The highest BCUT2D eigenvalue weighted by Gasteiger charge is 2.40. The van der Waals surface area contributed by atoms with E-state index in [4.69, 9.17) is 4.74 Å². The van der Waals surface area contributed by atoms with Crippen molar-refractivity contribution in [2.75, 3.05) is 31.6 Å². The molecule has 7 nitrogen and oxygen atoms in total. The fourth-order valence-corrected chi connectivity index (χ4v) is 6.44. The van der Waals surface area contributed by atoms with Gasteiger partial charge in [0.2, 0.25) is 11.0 Å². The average Bonchev–Trinajstić information content (AvgIpc) is 3.61. The molecule has 0 bridgehead atoms. The number of nitrogens with zero attached hydrogens (tertiary/aromatic N) is 3. The number of morpholine rings is 1. The van der Waals surface area contributed by atoms with Gasteiger partial charge in [-0.2, -0.15) is 0 Å². The Morgan fingerprint density at radius 1 is 1.08 bits per heavy atom. The summed E-state index contributed by atoms with van der Waals surface area (Å²) in [6.07, 6.45) is 0. The van der Waals surface area contributed by atoms with Crippen LogP contribution in [0.1, 0.15) is 40.6 Å². The van der Waals surface area contributed by atoms with Crippen LogP contribution in [0.5, 0.6) is 0 Å². The first-order valence-corrected chi connectivity index (χ1v) is 14.0. The van der Waals surface area contributed by atoms with E-state index in [0.717, 1.165) is 9.75 Å². The Balaban J connectivity index is 1.46. The van der Waals surface area contributed by atoms with Crippen molar-refractivity contribution in [3.8, 4) is 10.4 Å². The minimum absolute atomic E-state index is 0.0181. The summed E-state index contributed by atoms with van der Waals surface area (Å²) >= 11 is 2.60. The molecule has 2 aromatic carbocycles. The lowest BCUT2D eigenvalue weighted by Gasteiger charge is -2.32. The van der Waals surface area contributed by atoms with Crippen LogP contribution in [0, 0.1) is 17.0 Å². The summed E-state index contributed by atoms with van der Waals surface area (Å²) < 4.78 is 34.7. The minimum atomic E-state index is -1.01. The van der Waals surface area contributed by atoms with Crippen LogP contribution in [0.2, 0.25) is 0 Å². The Hall–Kier alpha value is -3.54. The highest BCUT2D eigenvalue weighted by molar-refractivity contribution is 7.15. The molecule has 202 valence electrons. The zero-order valence-electron chi connectivity index (χ0n) is 21.3. The summed E-state index contributed by atoms with van der Waals surface area (Å²) in [6.45, 7) is 5.32. The maximum atomic E-state index is 15.1. The molecule has 4 aromatic rings. The number of rotatable bonds is 7. The summed E-state index contributed by atoms with van der Waals surface area (Å²) in [5.41, 5.74) is 1.78. The van der Waals surface area contributed by atoms with Crippen molar-refractivity contribution in [1.29, 1.82) is 0 Å². The summed E-state index contributed by atoms with van der Waals surface area (Å²) in [5, 5.41) is 10.8. The van der Waals surface area contributed by atoms with E-state index in [0.29, 0.717) is 42.6 Å². The summed E-state index contributed by atoms with van der Waals surface area (Å²) in [6, 6.07) is 14.5. The standard InChI is InChI=1S/C28H26F2N4O3S2/c1-28(2,26(36)32-27-33-31-16-38-27)24(18-4-3-5-19(29)14-18)23-9-8-22(39-23)17-6-7-20(21(30)15-17)25(35)34-10-12-37-13-11-34/h3-9,14-16,24H,10-13H2,1-2H3,(H,32,33,36)/t24-/m0/s1. The van der Waals surface area contributed by atoms with E-state index in [1.807, 2.05) is 12.1 Å². The number of halogens is 2. The molecule has 11 heteroatoms. The van der Waals surface area contributed by atoms with Gasteiger partial charge >= 0.3 is 0 Å². The van der Waals surface area contributed by atoms with Gasteiger partial charge < -0.3 is 15.0 Å². The van der Waals surface area contributed by atoms with Crippen molar-refractivity contribution < 1.29 is 23.1 Å². The smallest absolute Gasteiger partial charge is 0.256 e. The van der Waals surface area contributed by atoms with E-state index in [1.165, 1.54) is 52.4 Å². The van der Waals surface area contributed by atoms with Gasteiger partial charge in [-0.3, -0.25) is 9.59 Å². The molecule has 0 unspecified atom stereocenters. The quantitative estimate of drug-likeness (QED) is 0.304. The normalized spacial score (nSPS) is 14.7. The minimum Gasteiger partial charge on any atom is -0.378 e. The molecule has 1 aliphatic rings. The summed E-state index contributed by atoms with van der Waals surface area (Å²) in [7, 11) is 0. The molecule has 1 saturated heterocycles.